The van der Waals surface area contributed by atoms with Gasteiger partial charge in [-0.25, -0.2) is 9.18 Å². The van der Waals surface area contributed by atoms with E-state index in [0.29, 0.717) is 31.9 Å². The molecule has 0 saturated carbocycles. The maximum atomic E-state index is 13.7. The Kier molecular flexibility index (Phi) is 5.84. The Hall–Kier alpha value is -1.78. The molecule has 1 aliphatic rings. The quantitative estimate of drug-likeness (QED) is 0.847. The third-order valence-electron chi connectivity index (χ3n) is 3.82. The number of rotatable bonds is 5. The van der Waals surface area contributed by atoms with E-state index in [4.69, 9.17) is 0 Å². The summed E-state index contributed by atoms with van der Waals surface area (Å²) in [5.74, 6) is -0.199. The minimum Gasteiger partial charge on any atom is -0.366 e. The molecule has 1 aromatic carbocycles. The van der Waals surface area contributed by atoms with Gasteiger partial charge in [-0.2, -0.15) is 0 Å². The molecule has 0 atom stereocenters. The van der Waals surface area contributed by atoms with E-state index in [1.165, 1.54) is 6.07 Å². The Labute approximate surface area is 125 Å². The van der Waals surface area contributed by atoms with Gasteiger partial charge in [0.05, 0.1) is 5.69 Å². The lowest BCUT2D eigenvalue weighted by molar-refractivity contribution is 0.194. The van der Waals surface area contributed by atoms with Crippen LogP contribution in [0.15, 0.2) is 24.3 Å². The highest BCUT2D eigenvalue weighted by atomic mass is 19.1. The normalized spacial score (nSPS) is 15.1. The summed E-state index contributed by atoms with van der Waals surface area (Å²) in [5, 5.41) is 2.95. The number of nitrogens with zero attached hydrogens (tertiary/aromatic N) is 2. The van der Waals surface area contributed by atoms with Crippen molar-refractivity contribution in [2.24, 2.45) is 0 Å². The van der Waals surface area contributed by atoms with E-state index in [2.05, 4.69) is 12.2 Å². The molecule has 21 heavy (non-hydrogen) atoms. The van der Waals surface area contributed by atoms with Crippen LogP contribution in [0.5, 0.6) is 0 Å². The smallest absolute Gasteiger partial charge is 0.317 e. The Morgan fingerprint density at radius 3 is 2.57 bits per heavy atom. The van der Waals surface area contributed by atoms with Crippen LogP contribution in [-0.2, 0) is 0 Å². The molecular weight excluding hydrogens is 269 g/mol. The molecule has 1 heterocycles. The highest BCUT2D eigenvalue weighted by molar-refractivity contribution is 5.74. The molecule has 0 bridgehead atoms. The van der Waals surface area contributed by atoms with Gasteiger partial charge in [0.2, 0.25) is 0 Å². The Morgan fingerprint density at radius 2 is 1.90 bits per heavy atom. The SMILES string of the molecule is CCCCCNC(=O)N1CCN(c2ccccc2F)CC1. The molecule has 0 radical (unpaired) electrons. The van der Waals surface area contributed by atoms with Crippen LogP contribution in [0.3, 0.4) is 0 Å². The fraction of sp³-hybridized carbons (Fsp3) is 0.562. The maximum Gasteiger partial charge on any atom is 0.317 e. The van der Waals surface area contributed by atoms with Gasteiger partial charge in [0.1, 0.15) is 5.82 Å². The van der Waals surface area contributed by atoms with Gasteiger partial charge in [-0.15, -0.1) is 0 Å². The Morgan fingerprint density at radius 1 is 1.19 bits per heavy atom. The number of piperazine rings is 1. The first-order chi connectivity index (χ1) is 10.2. The van der Waals surface area contributed by atoms with Gasteiger partial charge in [0.25, 0.3) is 0 Å². The fourth-order valence-corrected chi connectivity index (χ4v) is 2.54. The number of hydrogen-bond acceptors (Lipinski definition) is 2. The van der Waals surface area contributed by atoms with Crippen molar-refractivity contribution in [3.05, 3.63) is 30.1 Å². The molecular formula is C16H24FN3O. The van der Waals surface area contributed by atoms with Crippen LogP contribution in [-0.4, -0.2) is 43.7 Å². The second kappa shape index (κ2) is 7.86. The van der Waals surface area contributed by atoms with Gasteiger partial charge >= 0.3 is 6.03 Å². The summed E-state index contributed by atoms with van der Waals surface area (Å²) < 4.78 is 13.7. The van der Waals surface area contributed by atoms with E-state index in [1.807, 2.05) is 15.9 Å². The second-order valence-electron chi connectivity index (χ2n) is 5.36. The zero-order valence-electron chi connectivity index (χ0n) is 12.6. The zero-order chi connectivity index (χ0) is 15.1. The van der Waals surface area contributed by atoms with E-state index in [9.17, 15) is 9.18 Å². The van der Waals surface area contributed by atoms with Crippen LogP contribution >= 0.6 is 0 Å². The van der Waals surface area contributed by atoms with E-state index in [-0.39, 0.29) is 11.8 Å². The van der Waals surface area contributed by atoms with Crippen molar-refractivity contribution in [3.8, 4) is 0 Å². The van der Waals surface area contributed by atoms with Crippen molar-refractivity contribution in [1.29, 1.82) is 0 Å². The molecule has 1 aliphatic heterocycles. The average molecular weight is 293 g/mol. The second-order valence-corrected chi connectivity index (χ2v) is 5.36. The van der Waals surface area contributed by atoms with Crippen molar-refractivity contribution < 1.29 is 9.18 Å². The standard InChI is InChI=1S/C16H24FN3O/c1-2-3-6-9-18-16(21)20-12-10-19(11-13-20)15-8-5-4-7-14(15)17/h4-5,7-8H,2-3,6,9-13H2,1H3,(H,18,21). The third kappa shape index (κ3) is 4.34. The summed E-state index contributed by atoms with van der Waals surface area (Å²) in [6.45, 7) is 5.48. The van der Waals surface area contributed by atoms with Crippen LogP contribution in [0.4, 0.5) is 14.9 Å². The predicted octanol–water partition coefficient (Wildman–Crippen LogP) is 2.85. The Balaban J connectivity index is 1.78. The number of carbonyl (C=O) groups excluding carboxylic acids is 1. The Bertz CT molecular complexity index is 459. The summed E-state index contributed by atoms with van der Waals surface area (Å²) in [6.07, 6.45) is 3.32. The molecule has 1 aromatic rings. The van der Waals surface area contributed by atoms with Gasteiger partial charge in [0, 0.05) is 32.7 Å². The molecule has 2 rings (SSSR count). The molecule has 0 unspecified atom stereocenters. The van der Waals surface area contributed by atoms with Crippen LogP contribution in [0.1, 0.15) is 26.2 Å². The van der Waals surface area contributed by atoms with E-state index in [1.54, 1.807) is 12.1 Å². The summed E-state index contributed by atoms with van der Waals surface area (Å²) >= 11 is 0. The van der Waals surface area contributed by atoms with Crippen LogP contribution in [0.25, 0.3) is 0 Å². The minimum atomic E-state index is -0.199. The van der Waals surface area contributed by atoms with Crippen molar-refractivity contribution >= 4 is 11.7 Å². The van der Waals surface area contributed by atoms with Gasteiger partial charge in [-0.1, -0.05) is 31.9 Å². The van der Waals surface area contributed by atoms with Crippen molar-refractivity contribution in [2.75, 3.05) is 37.6 Å². The van der Waals surface area contributed by atoms with Crippen LogP contribution in [0, 0.1) is 5.82 Å². The number of urea groups is 1. The maximum absolute atomic E-state index is 13.7. The number of para-hydroxylation sites is 1. The van der Waals surface area contributed by atoms with Crippen molar-refractivity contribution in [1.82, 2.24) is 10.2 Å². The molecule has 1 fully saturated rings. The van der Waals surface area contributed by atoms with Crippen LogP contribution in [0.2, 0.25) is 0 Å². The highest BCUT2D eigenvalue weighted by Crippen LogP contribution is 2.20. The van der Waals surface area contributed by atoms with E-state index < -0.39 is 0 Å². The molecule has 1 N–H and O–H groups in total. The lowest BCUT2D eigenvalue weighted by Gasteiger charge is -2.36. The number of nitrogens with one attached hydrogen (secondary N) is 1. The molecule has 1 saturated heterocycles. The number of hydrogen-bond donors (Lipinski definition) is 1. The first-order valence-corrected chi connectivity index (χ1v) is 7.74. The summed E-state index contributed by atoms with van der Waals surface area (Å²) in [4.78, 5) is 15.8. The number of unbranched alkanes of at least 4 members (excludes halogenated alkanes) is 2. The predicted molar refractivity (Wildman–Crippen MR) is 83.1 cm³/mol. The van der Waals surface area contributed by atoms with Crippen molar-refractivity contribution in [3.63, 3.8) is 0 Å². The topological polar surface area (TPSA) is 35.6 Å². The van der Waals surface area contributed by atoms with Gasteiger partial charge in [0.15, 0.2) is 0 Å². The van der Waals surface area contributed by atoms with Gasteiger partial charge < -0.3 is 15.1 Å². The van der Waals surface area contributed by atoms with E-state index >= 15 is 0 Å². The monoisotopic (exact) mass is 293 g/mol. The number of carbonyl (C=O) groups is 1. The van der Waals surface area contributed by atoms with Gasteiger partial charge in [-0.3, -0.25) is 0 Å². The highest BCUT2D eigenvalue weighted by Gasteiger charge is 2.22. The molecule has 0 aliphatic carbocycles. The first-order valence-electron chi connectivity index (χ1n) is 7.74. The summed E-state index contributed by atoms with van der Waals surface area (Å²) in [5.41, 5.74) is 0.625. The molecule has 4 nitrogen and oxygen atoms in total. The number of benzene rings is 1. The fourth-order valence-electron chi connectivity index (χ4n) is 2.54. The summed E-state index contributed by atoms with van der Waals surface area (Å²) in [6, 6.07) is 6.79. The third-order valence-corrected chi connectivity index (χ3v) is 3.82. The lowest BCUT2D eigenvalue weighted by Crippen LogP contribution is -2.52. The van der Waals surface area contributed by atoms with Crippen LogP contribution < -0.4 is 10.2 Å². The average Bonchev–Trinajstić information content (AvgIpc) is 2.52. The molecule has 5 heteroatoms. The minimum absolute atomic E-state index is 0.000660. The number of anilines is 1. The van der Waals surface area contributed by atoms with Gasteiger partial charge in [-0.05, 0) is 18.6 Å². The zero-order valence-corrected chi connectivity index (χ0v) is 12.6. The number of halogens is 1. The number of amides is 2. The molecule has 0 aromatic heterocycles. The largest absolute Gasteiger partial charge is 0.366 e. The molecule has 0 spiro atoms. The first kappa shape index (κ1) is 15.6. The van der Waals surface area contributed by atoms with Crippen molar-refractivity contribution in [2.45, 2.75) is 26.2 Å². The summed E-state index contributed by atoms with van der Waals surface area (Å²) in [7, 11) is 0. The van der Waals surface area contributed by atoms with E-state index in [0.717, 1.165) is 25.8 Å². The molecule has 116 valence electrons. The lowest BCUT2D eigenvalue weighted by atomic mass is 10.2. The molecule has 2 amide bonds.